The van der Waals surface area contributed by atoms with E-state index in [0.717, 1.165) is 0 Å². The fourth-order valence-corrected chi connectivity index (χ4v) is 1.79. The molecule has 0 aliphatic carbocycles. The third-order valence-electron chi connectivity index (χ3n) is 1.37. The second kappa shape index (κ2) is 1.29. The maximum Gasteiger partial charge on any atom is 0.185 e. The fraction of sp³-hybridized carbons (Fsp3) is 0.400. The van der Waals surface area contributed by atoms with E-state index in [1.54, 1.807) is 11.8 Å². The lowest BCUT2D eigenvalue weighted by atomic mass is 10.2. The summed E-state index contributed by atoms with van der Waals surface area (Å²) in [5, 5.41) is 2.13. The van der Waals surface area contributed by atoms with Gasteiger partial charge in [-0.25, -0.2) is 0 Å². The first-order valence-electron chi connectivity index (χ1n) is 2.48. The van der Waals surface area contributed by atoms with Gasteiger partial charge in [0.2, 0.25) is 0 Å². The molecule has 0 bridgehead atoms. The topological polar surface area (TPSA) is 20.3 Å². The molecule has 1 fully saturated rings. The maximum absolute atomic E-state index is 10.6. The third-order valence-corrected chi connectivity index (χ3v) is 2.45. The predicted octanol–water partition coefficient (Wildman–Crippen LogP) is 0.415. The Labute approximate surface area is 51.5 Å². The van der Waals surface area contributed by atoms with E-state index in [9.17, 15) is 4.79 Å². The number of ketones is 1. The molecule has 0 saturated carbocycles. The van der Waals surface area contributed by atoms with E-state index in [4.69, 9.17) is 0 Å². The van der Waals surface area contributed by atoms with Crippen LogP contribution >= 0.6 is 11.8 Å². The highest BCUT2D eigenvalue weighted by atomic mass is 32.2. The van der Waals surface area contributed by atoms with Gasteiger partial charge in [0.15, 0.2) is 5.78 Å². The Balaban J connectivity index is 2.19. The number of nitrogens with zero attached hydrogens (tertiary/aromatic N) is 1. The Morgan fingerprint density at radius 3 is 3.25 bits per heavy atom. The zero-order chi connectivity index (χ0) is 5.56. The zero-order valence-electron chi connectivity index (χ0n) is 4.20. The highest BCUT2D eigenvalue weighted by Crippen LogP contribution is 2.31. The van der Waals surface area contributed by atoms with E-state index in [0.29, 0.717) is 12.3 Å². The average molecular weight is 127 g/mol. The summed E-state index contributed by atoms with van der Waals surface area (Å²) in [4.78, 5) is 12.6. The van der Waals surface area contributed by atoms with Crippen molar-refractivity contribution in [3.63, 3.8) is 0 Å². The summed E-state index contributed by atoms with van der Waals surface area (Å²) in [6.07, 6.45) is 1.97. The molecule has 0 aromatic carbocycles. The molecule has 42 valence electrons. The highest BCUT2D eigenvalue weighted by molar-refractivity contribution is 8.03. The van der Waals surface area contributed by atoms with Crippen LogP contribution in [0.15, 0.2) is 11.6 Å². The van der Waals surface area contributed by atoms with Crippen molar-refractivity contribution >= 4 is 17.5 Å². The smallest absolute Gasteiger partial charge is 0.185 e. The largest absolute Gasteiger partial charge is 0.351 e. The molecule has 1 saturated heterocycles. The Kier molecular flexibility index (Phi) is 0.713. The van der Waals surface area contributed by atoms with Crippen LogP contribution in [0, 0.1) is 0 Å². The van der Waals surface area contributed by atoms with Crippen molar-refractivity contribution in [1.29, 1.82) is 0 Å². The zero-order valence-corrected chi connectivity index (χ0v) is 5.02. The van der Waals surface area contributed by atoms with Gasteiger partial charge in [-0.2, -0.15) is 0 Å². The predicted molar refractivity (Wildman–Crippen MR) is 32.2 cm³/mol. The van der Waals surface area contributed by atoms with Crippen LogP contribution in [0.3, 0.4) is 0 Å². The van der Waals surface area contributed by atoms with E-state index in [1.165, 1.54) is 0 Å². The van der Waals surface area contributed by atoms with Gasteiger partial charge in [-0.15, -0.1) is 0 Å². The quantitative estimate of drug-likeness (QED) is 0.470. The van der Waals surface area contributed by atoms with Crippen molar-refractivity contribution in [3.05, 3.63) is 11.6 Å². The van der Waals surface area contributed by atoms with Gasteiger partial charge in [0, 0.05) is 6.20 Å². The Bertz CT molecular complexity index is 166. The molecule has 0 aromatic heterocycles. The number of hydrogen-bond donors (Lipinski definition) is 0. The minimum atomic E-state index is 0.162. The van der Waals surface area contributed by atoms with E-state index in [2.05, 4.69) is 0 Å². The van der Waals surface area contributed by atoms with Gasteiger partial charge >= 0.3 is 0 Å². The van der Waals surface area contributed by atoms with Gasteiger partial charge in [-0.05, 0) is 5.41 Å². The van der Waals surface area contributed by atoms with Gasteiger partial charge in [0.1, 0.15) is 5.37 Å². The minimum Gasteiger partial charge on any atom is -0.351 e. The lowest BCUT2D eigenvalue weighted by Crippen LogP contribution is -2.49. The van der Waals surface area contributed by atoms with Crippen LogP contribution in [-0.2, 0) is 4.79 Å². The lowest BCUT2D eigenvalue weighted by Gasteiger charge is -2.32. The van der Waals surface area contributed by atoms with Crippen molar-refractivity contribution in [2.75, 3.05) is 6.54 Å². The van der Waals surface area contributed by atoms with Crippen LogP contribution in [-0.4, -0.2) is 22.6 Å². The molecule has 3 heteroatoms. The molecule has 8 heavy (non-hydrogen) atoms. The molecule has 2 nitrogen and oxygen atoms in total. The maximum atomic E-state index is 10.6. The number of carbonyl (C=O) groups excluding carboxylic acids is 1. The molecule has 2 rings (SSSR count). The Morgan fingerprint density at radius 1 is 1.88 bits per heavy atom. The van der Waals surface area contributed by atoms with Crippen molar-refractivity contribution in [2.24, 2.45) is 0 Å². The van der Waals surface area contributed by atoms with Crippen LogP contribution in [0.4, 0.5) is 0 Å². The van der Waals surface area contributed by atoms with Crippen molar-refractivity contribution in [2.45, 2.75) is 5.37 Å². The molecule has 0 spiro atoms. The van der Waals surface area contributed by atoms with Gasteiger partial charge < -0.3 is 4.90 Å². The molecular formula is C5H5NOS. The number of carbonyl (C=O) groups is 1. The molecular weight excluding hydrogens is 122 g/mol. The molecule has 0 aromatic rings. The van der Waals surface area contributed by atoms with Gasteiger partial charge in [-0.3, -0.25) is 4.79 Å². The van der Waals surface area contributed by atoms with Gasteiger partial charge in [0.05, 0.1) is 6.54 Å². The molecule has 2 aliphatic rings. The molecule has 1 unspecified atom stereocenters. The van der Waals surface area contributed by atoms with Crippen molar-refractivity contribution < 1.29 is 4.79 Å². The molecule has 0 N–H and O–H groups in total. The van der Waals surface area contributed by atoms with Crippen LogP contribution in [0.1, 0.15) is 0 Å². The summed E-state index contributed by atoms with van der Waals surface area (Å²) in [5.41, 5.74) is 0. The summed E-state index contributed by atoms with van der Waals surface area (Å²) >= 11 is 1.60. The lowest BCUT2D eigenvalue weighted by molar-refractivity contribution is -0.128. The second-order valence-electron chi connectivity index (χ2n) is 1.91. The number of thioether (sulfide) groups is 1. The molecule has 2 heterocycles. The molecule has 1 atom stereocenters. The van der Waals surface area contributed by atoms with E-state index >= 15 is 0 Å². The van der Waals surface area contributed by atoms with Crippen LogP contribution in [0.2, 0.25) is 0 Å². The average Bonchev–Trinajstić information content (AvgIpc) is 2.09. The fourth-order valence-electron chi connectivity index (χ4n) is 0.886. The first-order chi connectivity index (χ1) is 3.88. The molecule has 0 radical (unpaired) electrons. The summed E-state index contributed by atoms with van der Waals surface area (Å²) in [6.45, 7) is 0.633. The third kappa shape index (κ3) is 0.375. The summed E-state index contributed by atoms with van der Waals surface area (Å²) < 4.78 is 0. The minimum absolute atomic E-state index is 0.162. The van der Waals surface area contributed by atoms with Gasteiger partial charge in [-0.1, -0.05) is 11.8 Å². The first-order valence-corrected chi connectivity index (χ1v) is 3.43. The standard InChI is InChI=1S/C5H5NOS/c7-4-3-6-1-2-8-5(4)6/h1-2,5H,3H2. The normalized spacial score (nSPS) is 32.8. The summed E-state index contributed by atoms with van der Waals surface area (Å²) in [7, 11) is 0. The number of Topliss-reactive ketones (excluding diaryl/α,β-unsaturated/α-hetero) is 1. The first kappa shape index (κ1) is 4.44. The molecule has 2 aliphatic heterocycles. The second-order valence-corrected chi connectivity index (χ2v) is 2.90. The Morgan fingerprint density at radius 2 is 2.75 bits per heavy atom. The Hall–Kier alpha value is -0.440. The van der Waals surface area contributed by atoms with Crippen LogP contribution in [0.5, 0.6) is 0 Å². The van der Waals surface area contributed by atoms with Crippen molar-refractivity contribution in [1.82, 2.24) is 4.90 Å². The van der Waals surface area contributed by atoms with Crippen molar-refractivity contribution in [3.8, 4) is 0 Å². The summed E-state index contributed by atoms with van der Waals surface area (Å²) in [5.74, 6) is 0.361. The van der Waals surface area contributed by atoms with Crippen LogP contribution in [0.25, 0.3) is 0 Å². The SMILES string of the molecule is O=C1CN2C=CSC12. The van der Waals surface area contributed by atoms with E-state index < -0.39 is 0 Å². The molecule has 0 amide bonds. The van der Waals surface area contributed by atoms with Crippen LogP contribution < -0.4 is 0 Å². The number of rotatable bonds is 0. The van der Waals surface area contributed by atoms with Gasteiger partial charge in [0.25, 0.3) is 0 Å². The number of hydrogen-bond acceptors (Lipinski definition) is 3. The summed E-state index contributed by atoms with van der Waals surface area (Å²) in [6, 6.07) is 0. The monoisotopic (exact) mass is 127 g/mol. The number of fused-ring (bicyclic) bond motifs is 1. The highest BCUT2D eigenvalue weighted by Gasteiger charge is 2.37. The van der Waals surface area contributed by atoms with E-state index in [1.807, 2.05) is 16.5 Å². The van der Waals surface area contributed by atoms with E-state index in [-0.39, 0.29) is 5.37 Å².